The van der Waals surface area contributed by atoms with Gasteiger partial charge in [-0.15, -0.1) is 0 Å². The summed E-state index contributed by atoms with van der Waals surface area (Å²) < 4.78 is 38.3. The fourth-order valence-corrected chi connectivity index (χ4v) is 2.21. The Hall–Kier alpha value is -1.30. The van der Waals surface area contributed by atoms with Crippen LogP contribution in [0.3, 0.4) is 0 Å². The van der Waals surface area contributed by atoms with Crippen molar-refractivity contribution in [3.05, 3.63) is 29.3 Å². The molecule has 0 heterocycles. The first-order chi connectivity index (χ1) is 8.79. The molecule has 0 aliphatic heterocycles. The van der Waals surface area contributed by atoms with E-state index in [-0.39, 0.29) is 10.6 Å². The third-order valence-corrected chi connectivity index (χ3v) is 3.65. The van der Waals surface area contributed by atoms with Gasteiger partial charge in [0, 0.05) is 17.8 Å². The molecular formula is C13H15F3N2S. The van der Waals surface area contributed by atoms with Crippen molar-refractivity contribution in [2.24, 2.45) is 17.6 Å². The third-order valence-electron chi connectivity index (χ3n) is 3.43. The standard InChI is InChI=1S/C13H15F3N2S/c1-7-4-8(7)6-18-9-2-3-11(13(14,15)16)10(5-9)12(17)19/h2-3,5,7-8,18H,4,6H2,1H3,(H2,17,19). The number of rotatable bonds is 4. The van der Waals surface area contributed by atoms with Crippen LogP contribution in [0.15, 0.2) is 18.2 Å². The number of anilines is 1. The van der Waals surface area contributed by atoms with Crippen LogP contribution in [-0.2, 0) is 6.18 Å². The molecule has 6 heteroatoms. The van der Waals surface area contributed by atoms with Gasteiger partial charge in [0.25, 0.3) is 0 Å². The van der Waals surface area contributed by atoms with E-state index in [0.29, 0.717) is 17.5 Å². The average molecular weight is 288 g/mol. The number of nitrogens with two attached hydrogens (primary N) is 1. The summed E-state index contributed by atoms with van der Waals surface area (Å²) in [5.74, 6) is 1.30. The minimum atomic E-state index is -4.44. The molecule has 2 nitrogen and oxygen atoms in total. The Kier molecular flexibility index (Phi) is 3.71. The Balaban J connectivity index is 2.18. The van der Waals surface area contributed by atoms with Crippen LogP contribution in [0, 0.1) is 11.8 Å². The molecule has 0 bridgehead atoms. The molecule has 1 aliphatic carbocycles. The smallest absolute Gasteiger partial charge is 0.389 e. The summed E-state index contributed by atoms with van der Waals surface area (Å²) in [6.07, 6.45) is -3.28. The maximum Gasteiger partial charge on any atom is 0.417 e. The zero-order chi connectivity index (χ0) is 14.2. The molecule has 0 amide bonds. The van der Waals surface area contributed by atoms with Crippen molar-refractivity contribution in [1.82, 2.24) is 0 Å². The number of thiocarbonyl (C=S) groups is 1. The zero-order valence-corrected chi connectivity index (χ0v) is 11.2. The van der Waals surface area contributed by atoms with Gasteiger partial charge in [0.05, 0.1) is 5.56 Å². The summed E-state index contributed by atoms with van der Waals surface area (Å²) in [6, 6.07) is 3.81. The molecule has 104 valence electrons. The van der Waals surface area contributed by atoms with Crippen LogP contribution in [0.2, 0.25) is 0 Å². The van der Waals surface area contributed by atoms with Crippen molar-refractivity contribution in [1.29, 1.82) is 0 Å². The lowest BCUT2D eigenvalue weighted by atomic mass is 10.1. The largest absolute Gasteiger partial charge is 0.417 e. The lowest BCUT2D eigenvalue weighted by Crippen LogP contribution is -2.18. The van der Waals surface area contributed by atoms with Crippen molar-refractivity contribution in [2.45, 2.75) is 19.5 Å². The maximum atomic E-state index is 12.8. The predicted octanol–water partition coefficient (Wildman–Crippen LogP) is 3.41. The van der Waals surface area contributed by atoms with Gasteiger partial charge in [-0.2, -0.15) is 13.2 Å². The SMILES string of the molecule is CC1CC1CNc1ccc(C(F)(F)F)c(C(N)=S)c1. The van der Waals surface area contributed by atoms with Gasteiger partial charge < -0.3 is 11.1 Å². The molecule has 0 aromatic heterocycles. The number of halogens is 3. The Bertz CT molecular complexity index is 499. The molecule has 1 aromatic rings. The molecule has 1 aromatic carbocycles. The van der Waals surface area contributed by atoms with Crippen LogP contribution in [-0.4, -0.2) is 11.5 Å². The van der Waals surface area contributed by atoms with Crippen LogP contribution in [0.4, 0.5) is 18.9 Å². The Morgan fingerprint density at radius 3 is 2.58 bits per heavy atom. The molecular weight excluding hydrogens is 273 g/mol. The number of alkyl halides is 3. The summed E-state index contributed by atoms with van der Waals surface area (Å²) in [4.78, 5) is -0.240. The molecule has 2 atom stereocenters. The van der Waals surface area contributed by atoms with E-state index in [4.69, 9.17) is 18.0 Å². The minimum absolute atomic E-state index is 0.128. The Morgan fingerprint density at radius 2 is 2.11 bits per heavy atom. The first-order valence-electron chi connectivity index (χ1n) is 6.04. The zero-order valence-electron chi connectivity index (χ0n) is 10.4. The highest BCUT2D eigenvalue weighted by atomic mass is 32.1. The third kappa shape index (κ3) is 3.37. The van der Waals surface area contributed by atoms with E-state index in [9.17, 15) is 13.2 Å². The van der Waals surface area contributed by atoms with Gasteiger partial charge in [-0.1, -0.05) is 19.1 Å². The highest BCUT2D eigenvalue weighted by Gasteiger charge is 2.34. The van der Waals surface area contributed by atoms with Gasteiger partial charge in [0.2, 0.25) is 0 Å². The van der Waals surface area contributed by atoms with Crippen LogP contribution in [0.5, 0.6) is 0 Å². The summed E-state index contributed by atoms with van der Waals surface area (Å²) in [5, 5.41) is 3.13. The summed E-state index contributed by atoms with van der Waals surface area (Å²) in [6.45, 7) is 2.92. The highest BCUT2D eigenvalue weighted by Crippen LogP contribution is 2.38. The number of benzene rings is 1. The average Bonchev–Trinajstić information content (AvgIpc) is 3.01. The van der Waals surface area contributed by atoms with E-state index in [0.717, 1.165) is 19.0 Å². The lowest BCUT2D eigenvalue weighted by Gasteiger charge is -2.14. The van der Waals surface area contributed by atoms with Gasteiger partial charge in [-0.05, 0) is 36.5 Å². The predicted molar refractivity (Wildman–Crippen MR) is 73.1 cm³/mol. The van der Waals surface area contributed by atoms with Crippen LogP contribution >= 0.6 is 12.2 Å². The quantitative estimate of drug-likeness (QED) is 0.834. The lowest BCUT2D eigenvalue weighted by molar-refractivity contribution is -0.137. The van der Waals surface area contributed by atoms with Crippen molar-refractivity contribution in [3.8, 4) is 0 Å². The molecule has 0 spiro atoms. The van der Waals surface area contributed by atoms with E-state index in [2.05, 4.69) is 12.2 Å². The van der Waals surface area contributed by atoms with E-state index in [1.54, 1.807) is 0 Å². The molecule has 0 saturated heterocycles. The van der Waals surface area contributed by atoms with Gasteiger partial charge in [0.1, 0.15) is 4.99 Å². The first kappa shape index (κ1) is 14.1. The molecule has 1 aliphatic rings. The van der Waals surface area contributed by atoms with Crippen molar-refractivity contribution in [2.75, 3.05) is 11.9 Å². The maximum absolute atomic E-state index is 12.8. The second kappa shape index (κ2) is 5.00. The summed E-state index contributed by atoms with van der Waals surface area (Å²) in [7, 11) is 0. The second-order valence-electron chi connectivity index (χ2n) is 4.98. The Morgan fingerprint density at radius 1 is 1.47 bits per heavy atom. The van der Waals surface area contributed by atoms with E-state index in [1.165, 1.54) is 12.1 Å². The second-order valence-corrected chi connectivity index (χ2v) is 5.42. The monoisotopic (exact) mass is 288 g/mol. The molecule has 2 unspecified atom stereocenters. The van der Waals surface area contributed by atoms with E-state index < -0.39 is 11.7 Å². The number of hydrogen-bond donors (Lipinski definition) is 2. The van der Waals surface area contributed by atoms with Gasteiger partial charge >= 0.3 is 6.18 Å². The van der Waals surface area contributed by atoms with Crippen molar-refractivity contribution >= 4 is 22.9 Å². The minimum Gasteiger partial charge on any atom is -0.389 e. The molecule has 0 radical (unpaired) electrons. The molecule has 3 N–H and O–H groups in total. The van der Waals surface area contributed by atoms with Gasteiger partial charge in [-0.25, -0.2) is 0 Å². The molecule has 1 saturated carbocycles. The molecule has 2 rings (SSSR count). The van der Waals surface area contributed by atoms with Gasteiger partial charge in [-0.3, -0.25) is 0 Å². The number of nitrogens with one attached hydrogen (secondary N) is 1. The topological polar surface area (TPSA) is 38.0 Å². The van der Waals surface area contributed by atoms with Crippen LogP contribution in [0.25, 0.3) is 0 Å². The van der Waals surface area contributed by atoms with Gasteiger partial charge in [0.15, 0.2) is 0 Å². The highest BCUT2D eigenvalue weighted by molar-refractivity contribution is 7.80. The normalized spacial score (nSPS) is 22.1. The summed E-state index contributed by atoms with van der Waals surface area (Å²) in [5.41, 5.74) is 5.08. The van der Waals surface area contributed by atoms with Crippen molar-refractivity contribution in [3.63, 3.8) is 0 Å². The number of hydrogen-bond acceptors (Lipinski definition) is 2. The van der Waals surface area contributed by atoms with Crippen molar-refractivity contribution < 1.29 is 13.2 Å². The van der Waals surface area contributed by atoms with Crippen LogP contribution in [0.1, 0.15) is 24.5 Å². The molecule has 19 heavy (non-hydrogen) atoms. The van der Waals surface area contributed by atoms with E-state index in [1.807, 2.05) is 0 Å². The van der Waals surface area contributed by atoms with E-state index >= 15 is 0 Å². The Labute approximate surface area is 115 Å². The fourth-order valence-electron chi connectivity index (χ4n) is 2.04. The van der Waals surface area contributed by atoms with Crippen LogP contribution < -0.4 is 11.1 Å². The summed E-state index contributed by atoms with van der Waals surface area (Å²) >= 11 is 4.69. The molecule has 1 fully saturated rings. The fraction of sp³-hybridized carbons (Fsp3) is 0.462. The first-order valence-corrected chi connectivity index (χ1v) is 6.45.